The van der Waals surface area contributed by atoms with E-state index in [1.807, 2.05) is 0 Å². The number of aromatic nitrogens is 2. The molecule has 0 radical (unpaired) electrons. The number of hydrogen-bond donors (Lipinski definition) is 3. The number of nitrogens with two attached hydrogens (primary N) is 1. The smallest absolute Gasteiger partial charge is 0.329 e. The van der Waals surface area contributed by atoms with Gasteiger partial charge in [0.15, 0.2) is 0 Å². The number of nitrogen functional groups attached to an aromatic ring is 1. The van der Waals surface area contributed by atoms with Crippen LogP contribution in [0.3, 0.4) is 0 Å². The molecule has 1 unspecified atom stereocenters. The van der Waals surface area contributed by atoms with Crippen LogP contribution in [0.25, 0.3) is 0 Å². The summed E-state index contributed by atoms with van der Waals surface area (Å²) < 4.78 is 0. The van der Waals surface area contributed by atoms with E-state index < -0.39 is 4.92 Å². The fourth-order valence-corrected chi connectivity index (χ4v) is 2.42. The van der Waals surface area contributed by atoms with E-state index >= 15 is 0 Å². The monoisotopic (exact) mass is 282 g/mol. The zero-order valence-electron chi connectivity index (χ0n) is 11.0. The van der Waals surface area contributed by atoms with Gasteiger partial charge in [-0.15, -0.1) is 0 Å². The summed E-state index contributed by atoms with van der Waals surface area (Å²) in [5, 5.41) is 20.6. The largest absolute Gasteiger partial charge is 0.394 e. The van der Waals surface area contributed by atoms with Gasteiger partial charge in [0.1, 0.15) is 6.20 Å². The molecule has 0 aliphatic carbocycles. The minimum atomic E-state index is -0.519. The molecule has 9 nitrogen and oxygen atoms in total. The normalized spacial score (nSPS) is 19.5. The molecule has 4 N–H and O–H groups in total. The van der Waals surface area contributed by atoms with Gasteiger partial charge in [-0.25, -0.2) is 10.8 Å². The maximum Gasteiger partial charge on any atom is 0.329 e. The summed E-state index contributed by atoms with van der Waals surface area (Å²) in [5.74, 6) is 5.58. The second kappa shape index (κ2) is 6.44. The lowest BCUT2D eigenvalue weighted by Gasteiger charge is -2.29. The molecule has 1 aromatic heterocycles. The highest BCUT2D eigenvalue weighted by Gasteiger charge is 2.29. The van der Waals surface area contributed by atoms with Crippen LogP contribution >= 0.6 is 0 Å². The summed E-state index contributed by atoms with van der Waals surface area (Å²) in [6, 6.07) is -0.170. The Balaban J connectivity index is 2.43. The first-order valence-corrected chi connectivity index (χ1v) is 6.53. The molecule has 110 valence electrons. The highest BCUT2D eigenvalue weighted by molar-refractivity contribution is 5.59. The number of anilines is 2. The van der Waals surface area contributed by atoms with Crippen LogP contribution in [0, 0.1) is 10.1 Å². The molecule has 1 atom stereocenters. The molecule has 1 aliphatic heterocycles. The Morgan fingerprint density at radius 3 is 3.00 bits per heavy atom. The molecule has 2 heterocycles. The molecular weight excluding hydrogens is 264 g/mol. The van der Waals surface area contributed by atoms with Gasteiger partial charge in [0.05, 0.1) is 17.6 Å². The second-order valence-corrected chi connectivity index (χ2v) is 4.68. The lowest BCUT2D eigenvalue weighted by Crippen LogP contribution is -2.38. The van der Waals surface area contributed by atoms with Crippen molar-refractivity contribution in [3.63, 3.8) is 0 Å². The van der Waals surface area contributed by atoms with Crippen molar-refractivity contribution >= 4 is 17.5 Å². The summed E-state index contributed by atoms with van der Waals surface area (Å²) in [4.78, 5) is 20.3. The Morgan fingerprint density at radius 2 is 2.35 bits per heavy atom. The Kier molecular flexibility index (Phi) is 4.64. The summed E-state index contributed by atoms with van der Waals surface area (Å²) in [5.41, 5.74) is 2.11. The van der Waals surface area contributed by atoms with Gasteiger partial charge < -0.3 is 10.0 Å². The van der Waals surface area contributed by atoms with Crippen LogP contribution in [0.15, 0.2) is 6.20 Å². The molecular formula is C11H18N6O3. The molecule has 1 saturated heterocycles. The molecule has 0 aromatic carbocycles. The van der Waals surface area contributed by atoms with Gasteiger partial charge in [0.25, 0.3) is 0 Å². The van der Waals surface area contributed by atoms with Crippen molar-refractivity contribution in [2.45, 2.75) is 31.7 Å². The van der Waals surface area contributed by atoms with E-state index in [2.05, 4.69) is 15.4 Å². The Morgan fingerprint density at radius 1 is 1.55 bits per heavy atom. The fourth-order valence-electron chi connectivity index (χ4n) is 2.42. The van der Waals surface area contributed by atoms with E-state index in [0.717, 1.165) is 31.9 Å². The highest BCUT2D eigenvalue weighted by atomic mass is 16.6. The second-order valence-electron chi connectivity index (χ2n) is 4.68. The Bertz CT molecular complexity index is 483. The van der Waals surface area contributed by atoms with Crippen molar-refractivity contribution in [1.29, 1.82) is 0 Å². The molecule has 1 aliphatic rings. The quantitative estimate of drug-likeness (QED) is 0.411. The number of aliphatic hydroxyl groups excluding tert-OH is 1. The number of nitrogens with zero attached hydrogens (tertiary/aromatic N) is 4. The van der Waals surface area contributed by atoms with E-state index in [1.54, 1.807) is 4.90 Å². The van der Waals surface area contributed by atoms with Crippen LogP contribution in [0.2, 0.25) is 0 Å². The zero-order valence-corrected chi connectivity index (χ0v) is 11.0. The predicted octanol–water partition coefficient (Wildman–Crippen LogP) is 0.412. The maximum absolute atomic E-state index is 11.1. The van der Waals surface area contributed by atoms with Gasteiger partial charge in [-0.1, -0.05) is 12.8 Å². The van der Waals surface area contributed by atoms with Crippen molar-refractivity contribution in [1.82, 2.24) is 9.97 Å². The molecule has 1 fully saturated rings. The molecule has 0 bridgehead atoms. The van der Waals surface area contributed by atoms with Crippen LogP contribution in [0.5, 0.6) is 0 Å². The number of nitrogens with one attached hydrogen (secondary N) is 1. The summed E-state index contributed by atoms with van der Waals surface area (Å²) >= 11 is 0. The first kappa shape index (κ1) is 14.4. The first-order valence-electron chi connectivity index (χ1n) is 6.53. The number of aliphatic hydroxyl groups is 1. The van der Waals surface area contributed by atoms with Crippen molar-refractivity contribution < 1.29 is 10.0 Å². The average molecular weight is 282 g/mol. The number of hydrazine groups is 1. The molecule has 1 aromatic rings. The van der Waals surface area contributed by atoms with Crippen molar-refractivity contribution in [3.8, 4) is 0 Å². The van der Waals surface area contributed by atoms with Gasteiger partial charge in [-0.3, -0.25) is 15.5 Å². The van der Waals surface area contributed by atoms with Gasteiger partial charge >= 0.3 is 5.69 Å². The van der Waals surface area contributed by atoms with Crippen LogP contribution in [0.4, 0.5) is 17.5 Å². The highest BCUT2D eigenvalue weighted by Crippen LogP contribution is 2.30. The van der Waals surface area contributed by atoms with Crippen LogP contribution in [-0.4, -0.2) is 39.2 Å². The standard InChI is InChI=1S/C11H18N6O3/c12-15-11-13-6-9(17(19)20)10(14-11)16-5-3-1-2-4-8(16)7-18/h6,8,18H,1-5,7,12H2,(H,13,14,15). The third-order valence-electron chi connectivity index (χ3n) is 3.44. The third-order valence-corrected chi connectivity index (χ3v) is 3.44. The first-order chi connectivity index (χ1) is 9.67. The van der Waals surface area contributed by atoms with E-state index in [-0.39, 0.29) is 30.1 Å². The summed E-state index contributed by atoms with van der Waals surface area (Å²) in [6.07, 6.45) is 4.85. The van der Waals surface area contributed by atoms with Gasteiger partial charge in [-0.05, 0) is 12.8 Å². The van der Waals surface area contributed by atoms with Gasteiger partial charge in [-0.2, -0.15) is 4.98 Å². The van der Waals surface area contributed by atoms with Crippen molar-refractivity contribution in [2.75, 3.05) is 23.5 Å². The summed E-state index contributed by atoms with van der Waals surface area (Å²) in [7, 11) is 0. The molecule has 0 amide bonds. The van der Waals surface area contributed by atoms with E-state index in [9.17, 15) is 15.2 Å². The van der Waals surface area contributed by atoms with E-state index in [0.29, 0.717) is 6.54 Å². The third kappa shape index (κ3) is 2.94. The Hall–Kier alpha value is -2.00. The van der Waals surface area contributed by atoms with Crippen molar-refractivity contribution in [2.24, 2.45) is 5.84 Å². The van der Waals surface area contributed by atoms with E-state index in [1.165, 1.54) is 0 Å². The molecule has 20 heavy (non-hydrogen) atoms. The van der Waals surface area contributed by atoms with Gasteiger partial charge in [0.2, 0.25) is 11.8 Å². The molecule has 9 heteroatoms. The number of rotatable bonds is 4. The SMILES string of the molecule is NNc1ncc([N+](=O)[O-])c(N2CCCCCC2CO)n1. The van der Waals surface area contributed by atoms with Crippen molar-refractivity contribution in [3.05, 3.63) is 16.3 Å². The minimum absolute atomic E-state index is 0.0630. The number of hydrogen-bond acceptors (Lipinski definition) is 8. The zero-order chi connectivity index (χ0) is 14.5. The Labute approximate surface area is 115 Å². The lowest BCUT2D eigenvalue weighted by molar-refractivity contribution is -0.384. The van der Waals surface area contributed by atoms with Crippen LogP contribution in [-0.2, 0) is 0 Å². The maximum atomic E-state index is 11.1. The topological polar surface area (TPSA) is 130 Å². The summed E-state index contributed by atoms with van der Waals surface area (Å²) in [6.45, 7) is 0.555. The van der Waals surface area contributed by atoms with Crippen LogP contribution in [0.1, 0.15) is 25.7 Å². The van der Waals surface area contributed by atoms with E-state index in [4.69, 9.17) is 5.84 Å². The van der Waals surface area contributed by atoms with Crippen LogP contribution < -0.4 is 16.2 Å². The van der Waals surface area contributed by atoms with Gasteiger partial charge in [0, 0.05) is 6.54 Å². The minimum Gasteiger partial charge on any atom is -0.394 e. The fraction of sp³-hybridized carbons (Fsp3) is 0.636. The lowest BCUT2D eigenvalue weighted by atomic mass is 10.1. The predicted molar refractivity (Wildman–Crippen MR) is 73.2 cm³/mol. The number of nitro groups is 1. The molecule has 0 spiro atoms. The molecule has 2 rings (SSSR count). The average Bonchev–Trinajstić information content (AvgIpc) is 2.71. The molecule has 0 saturated carbocycles.